The fourth-order valence-corrected chi connectivity index (χ4v) is 2.69. The Morgan fingerprint density at radius 2 is 2.21 bits per heavy atom. The molecule has 1 unspecified atom stereocenters. The highest BCUT2D eigenvalue weighted by atomic mass is 127. The standard InChI is InChI=1S/C14H17ClIN3/c1-3-8-19-13(6-7-18-19)14(17-2)10-4-5-12(16)11(15)9-10/h4-7,9,14,17H,3,8H2,1-2H3. The molecule has 3 nitrogen and oxygen atoms in total. The highest BCUT2D eigenvalue weighted by molar-refractivity contribution is 14.1. The lowest BCUT2D eigenvalue weighted by Crippen LogP contribution is -2.21. The molecule has 2 rings (SSSR count). The quantitative estimate of drug-likeness (QED) is 0.787. The van der Waals surface area contributed by atoms with Crippen LogP contribution in [0.15, 0.2) is 30.5 Å². The Morgan fingerprint density at radius 3 is 2.84 bits per heavy atom. The Labute approximate surface area is 132 Å². The smallest absolute Gasteiger partial charge is 0.0746 e. The minimum atomic E-state index is 0.114. The molecule has 1 N–H and O–H groups in total. The van der Waals surface area contributed by atoms with Crippen molar-refractivity contribution >= 4 is 34.2 Å². The number of hydrogen-bond donors (Lipinski definition) is 1. The number of benzene rings is 1. The molecule has 102 valence electrons. The zero-order chi connectivity index (χ0) is 13.8. The fourth-order valence-electron chi connectivity index (χ4n) is 2.16. The SMILES string of the molecule is CCCn1nccc1C(NC)c1ccc(I)c(Cl)c1. The molecule has 1 atom stereocenters. The van der Waals surface area contributed by atoms with E-state index in [1.54, 1.807) is 0 Å². The van der Waals surface area contributed by atoms with E-state index in [2.05, 4.69) is 52.1 Å². The number of aryl methyl sites for hydroxylation is 1. The van der Waals surface area contributed by atoms with Gasteiger partial charge in [-0.1, -0.05) is 24.6 Å². The molecule has 0 amide bonds. The number of hydrogen-bond acceptors (Lipinski definition) is 2. The van der Waals surface area contributed by atoms with Crippen LogP contribution in [0.25, 0.3) is 0 Å². The Morgan fingerprint density at radius 1 is 1.42 bits per heavy atom. The summed E-state index contributed by atoms with van der Waals surface area (Å²) < 4.78 is 3.12. The van der Waals surface area contributed by atoms with Gasteiger partial charge in [0.1, 0.15) is 0 Å². The van der Waals surface area contributed by atoms with Gasteiger partial charge in [-0.25, -0.2) is 0 Å². The molecular formula is C14H17ClIN3. The molecule has 0 aliphatic carbocycles. The first kappa shape index (κ1) is 14.8. The van der Waals surface area contributed by atoms with E-state index in [0.29, 0.717) is 0 Å². The summed E-state index contributed by atoms with van der Waals surface area (Å²) in [5.74, 6) is 0. The first-order valence-electron chi connectivity index (χ1n) is 6.31. The van der Waals surface area contributed by atoms with E-state index < -0.39 is 0 Å². The third kappa shape index (κ3) is 3.30. The van der Waals surface area contributed by atoms with Crippen molar-refractivity contribution < 1.29 is 0 Å². The van der Waals surface area contributed by atoms with Crippen molar-refractivity contribution in [2.24, 2.45) is 0 Å². The maximum absolute atomic E-state index is 6.22. The van der Waals surface area contributed by atoms with Crippen molar-refractivity contribution in [1.82, 2.24) is 15.1 Å². The second kappa shape index (κ2) is 6.72. The first-order valence-corrected chi connectivity index (χ1v) is 7.77. The highest BCUT2D eigenvalue weighted by Crippen LogP contribution is 2.27. The normalized spacial score (nSPS) is 12.6. The summed E-state index contributed by atoms with van der Waals surface area (Å²) in [6, 6.07) is 8.35. The van der Waals surface area contributed by atoms with Crippen LogP contribution in [0.2, 0.25) is 5.02 Å². The predicted molar refractivity (Wildman–Crippen MR) is 87.6 cm³/mol. The minimum Gasteiger partial charge on any atom is -0.308 e. The molecule has 0 aliphatic heterocycles. The molecule has 0 fully saturated rings. The summed E-state index contributed by atoms with van der Waals surface area (Å²) in [5, 5.41) is 8.52. The van der Waals surface area contributed by atoms with Crippen LogP contribution < -0.4 is 5.32 Å². The molecule has 2 aromatic rings. The number of halogens is 2. The summed E-state index contributed by atoms with van der Waals surface area (Å²) >= 11 is 8.46. The number of aromatic nitrogens is 2. The summed E-state index contributed by atoms with van der Waals surface area (Å²) in [6.07, 6.45) is 2.92. The highest BCUT2D eigenvalue weighted by Gasteiger charge is 2.17. The molecule has 1 heterocycles. The van der Waals surface area contributed by atoms with Crippen molar-refractivity contribution in [3.8, 4) is 0 Å². The van der Waals surface area contributed by atoms with Crippen molar-refractivity contribution in [2.75, 3.05) is 7.05 Å². The van der Waals surface area contributed by atoms with Gasteiger partial charge in [0.05, 0.1) is 16.8 Å². The van der Waals surface area contributed by atoms with E-state index >= 15 is 0 Å². The van der Waals surface area contributed by atoms with Crippen molar-refractivity contribution in [1.29, 1.82) is 0 Å². The Balaban J connectivity index is 2.38. The lowest BCUT2D eigenvalue weighted by Gasteiger charge is -2.19. The topological polar surface area (TPSA) is 29.9 Å². The van der Waals surface area contributed by atoms with Gasteiger partial charge in [0.2, 0.25) is 0 Å². The second-order valence-corrected chi connectivity index (χ2v) is 5.94. The van der Waals surface area contributed by atoms with Crippen LogP contribution in [0.1, 0.15) is 30.6 Å². The minimum absolute atomic E-state index is 0.114. The molecule has 5 heteroatoms. The number of nitrogens with one attached hydrogen (secondary N) is 1. The van der Waals surface area contributed by atoms with Crippen LogP contribution >= 0.6 is 34.2 Å². The van der Waals surface area contributed by atoms with Gasteiger partial charge < -0.3 is 5.32 Å². The Hall–Kier alpha value is -0.590. The summed E-state index contributed by atoms with van der Waals surface area (Å²) in [6.45, 7) is 3.08. The van der Waals surface area contributed by atoms with E-state index in [1.807, 2.05) is 30.1 Å². The predicted octanol–water partition coefficient (Wildman–Crippen LogP) is 3.86. The van der Waals surface area contributed by atoms with Gasteiger partial charge in [0.25, 0.3) is 0 Å². The van der Waals surface area contributed by atoms with Gasteiger partial charge in [-0.05, 0) is 59.8 Å². The van der Waals surface area contributed by atoms with Crippen LogP contribution in [-0.2, 0) is 6.54 Å². The van der Waals surface area contributed by atoms with Crippen molar-refractivity contribution in [2.45, 2.75) is 25.9 Å². The Kier molecular flexibility index (Phi) is 5.24. The van der Waals surface area contributed by atoms with Gasteiger partial charge in [-0.2, -0.15) is 5.10 Å². The zero-order valence-electron chi connectivity index (χ0n) is 11.0. The zero-order valence-corrected chi connectivity index (χ0v) is 13.9. The maximum Gasteiger partial charge on any atom is 0.0746 e. The second-order valence-electron chi connectivity index (χ2n) is 4.37. The molecule has 1 aromatic carbocycles. The largest absolute Gasteiger partial charge is 0.308 e. The lowest BCUT2D eigenvalue weighted by atomic mass is 10.0. The van der Waals surface area contributed by atoms with Crippen LogP contribution in [0, 0.1) is 3.57 Å². The molecule has 0 spiro atoms. The van der Waals surface area contributed by atoms with Crippen molar-refractivity contribution in [3.05, 3.63) is 50.3 Å². The average Bonchev–Trinajstić information content (AvgIpc) is 2.83. The van der Waals surface area contributed by atoms with E-state index in [0.717, 1.165) is 27.1 Å². The van der Waals surface area contributed by atoms with E-state index in [4.69, 9.17) is 11.6 Å². The first-order chi connectivity index (χ1) is 9.17. The molecule has 19 heavy (non-hydrogen) atoms. The van der Waals surface area contributed by atoms with Crippen molar-refractivity contribution in [3.63, 3.8) is 0 Å². The van der Waals surface area contributed by atoms with Gasteiger partial charge in [0, 0.05) is 16.3 Å². The third-order valence-electron chi connectivity index (χ3n) is 3.05. The van der Waals surface area contributed by atoms with Gasteiger partial charge in [-0.3, -0.25) is 4.68 Å². The number of rotatable bonds is 5. The molecule has 0 bridgehead atoms. The fraction of sp³-hybridized carbons (Fsp3) is 0.357. The number of nitrogens with zero attached hydrogens (tertiary/aromatic N) is 2. The third-order valence-corrected chi connectivity index (χ3v) is 4.62. The van der Waals surface area contributed by atoms with Crippen LogP contribution in [0.3, 0.4) is 0 Å². The Bertz CT molecular complexity index is 553. The van der Waals surface area contributed by atoms with Gasteiger partial charge >= 0.3 is 0 Å². The van der Waals surface area contributed by atoms with E-state index in [1.165, 1.54) is 5.69 Å². The lowest BCUT2D eigenvalue weighted by molar-refractivity contribution is 0.534. The van der Waals surface area contributed by atoms with E-state index in [9.17, 15) is 0 Å². The van der Waals surface area contributed by atoms with Crippen LogP contribution in [0.5, 0.6) is 0 Å². The van der Waals surface area contributed by atoms with Gasteiger partial charge in [0.15, 0.2) is 0 Å². The molecule has 0 aliphatic rings. The van der Waals surface area contributed by atoms with Gasteiger partial charge in [-0.15, -0.1) is 0 Å². The monoisotopic (exact) mass is 389 g/mol. The summed E-state index contributed by atoms with van der Waals surface area (Å²) in [5.41, 5.74) is 2.33. The average molecular weight is 390 g/mol. The molecule has 0 saturated carbocycles. The molecule has 0 radical (unpaired) electrons. The van der Waals surface area contributed by atoms with Crippen LogP contribution in [0.4, 0.5) is 0 Å². The molecular weight excluding hydrogens is 373 g/mol. The molecule has 0 saturated heterocycles. The maximum atomic E-state index is 6.22. The van der Waals surface area contributed by atoms with Crippen LogP contribution in [-0.4, -0.2) is 16.8 Å². The summed E-state index contributed by atoms with van der Waals surface area (Å²) in [4.78, 5) is 0. The molecule has 1 aromatic heterocycles. The summed E-state index contributed by atoms with van der Waals surface area (Å²) in [7, 11) is 1.96. The van der Waals surface area contributed by atoms with E-state index in [-0.39, 0.29) is 6.04 Å².